The average molecular weight is 240 g/mol. The minimum atomic E-state index is 0.102. The highest BCUT2D eigenvalue weighted by Gasteiger charge is 2.19. The minimum absolute atomic E-state index is 0.102. The summed E-state index contributed by atoms with van der Waals surface area (Å²) < 4.78 is 0. The molecule has 1 heterocycles. The highest BCUT2D eigenvalue weighted by atomic mass is 16.1. The number of rotatable bonds is 4. The van der Waals surface area contributed by atoms with Crippen molar-refractivity contribution in [1.29, 1.82) is 0 Å². The third-order valence-electron chi connectivity index (χ3n) is 3.31. The third-order valence-corrected chi connectivity index (χ3v) is 3.31. The zero-order chi connectivity index (χ0) is 12.8. The smallest absolute Gasteiger partial charge is 0.222 e. The highest BCUT2D eigenvalue weighted by molar-refractivity contribution is 5.78. The van der Waals surface area contributed by atoms with Crippen LogP contribution in [0, 0.1) is 11.8 Å². The van der Waals surface area contributed by atoms with Crippen molar-refractivity contribution >= 4 is 5.91 Å². The Morgan fingerprint density at radius 2 is 1.94 bits per heavy atom. The quantitative estimate of drug-likeness (QED) is 0.817. The fraction of sp³-hybridized carbons (Fsp3) is 0.929. The van der Waals surface area contributed by atoms with Gasteiger partial charge in [0.25, 0.3) is 0 Å². The molecule has 0 aliphatic carbocycles. The number of hydrogen-bond acceptors (Lipinski definition) is 2. The molecule has 3 heteroatoms. The fourth-order valence-corrected chi connectivity index (χ4v) is 2.37. The molecule has 100 valence electrons. The van der Waals surface area contributed by atoms with Gasteiger partial charge in [0.05, 0.1) is 0 Å². The van der Waals surface area contributed by atoms with Crippen LogP contribution in [0.4, 0.5) is 0 Å². The highest BCUT2D eigenvalue weighted by Crippen LogP contribution is 2.13. The van der Waals surface area contributed by atoms with Crippen molar-refractivity contribution in [3.05, 3.63) is 0 Å². The molecule has 3 nitrogen and oxygen atoms in total. The molecule has 0 saturated carbocycles. The summed E-state index contributed by atoms with van der Waals surface area (Å²) in [4.78, 5) is 14.2. The molecule has 0 bridgehead atoms. The molecular formula is C14H28N2O. The van der Waals surface area contributed by atoms with Gasteiger partial charge in [0.15, 0.2) is 0 Å². The molecule has 0 spiro atoms. The molecule has 1 saturated heterocycles. The van der Waals surface area contributed by atoms with Crippen LogP contribution in [0.1, 0.15) is 47.0 Å². The van der Waals surface area contributed by atoms with E-state index >= 15 is 0 Å². The van der Waals surface area contributed by atoms with Gasteiger partial charge in [-0.15, -0.1) is 0 Å². The van der Waals surface area contributed by atoms with E-state index in [0.29, 0.717) is 6.04 Å². The van der Waals surface area contributed by atoms with E-state index in [1.165, 1.54) is 19.5 Å². The second kappa shape index (κ2) is 7.00. The lowest BCUT2D eigenvalue weighted by atomic mass is 10.1. The predicted molar refractivity (Wildman–Crippen MR) is 71.9 cm³/mol. The Hall–Kier alpha value is -0.570. The summed E-state index contributed by atoms with van der Waals surface area (Å²) in [6, 6.07) is 0.391. The van der Waals surface area contributed by atoms with Crippen LogP contribution in [0.15, 0.2) is 0 Å². The van der Waals surface area contributed by atoms with E-state index in [1.807, 2.05) is 13.8 Å². The molecule has 1 N–H and O–H groups in total. The number of likely N-dealkylation sites (tertiary alicyclic amines) is 1. The van der Waals surface area contributed by atoms with Gasteiger partial charge < -0.3 is 10.2 Å². The first-order valence-electron chi connectivity index (χ1n) is 7.01. The van der Waals surface area contributed by atoms with E-state index in [1.54, 1.807) is 0 Å². The summed E-state index contributed by atoms with van der Waals surface area (Å²) in [5.74, 6) is 1.04. The Morgan fingerprint density at radius 3 is 2.53 bits per heavy atom. The van der Waals surface area contributed by atoms with Crippen molar-refractivity contribution in [2.45, 2.75) is 53.0 Å². The third kappa shape index (κ3) is 5.53. The lowest BCUT2D eigenvalue weighted by molar-refractivity contribution is -0.124. The molecule has 0 aromatic rings. The second-order valence-electron chi connectivity index (χ2n) is 5.99. The van der Waals surface area contributed by atoms with Crippen molar-refractivity contribution in [1.82, 2.24) is 10.2 Å². The molecule has 0 aromatic carbocycles. The summed E-state index contributed by atoms with van der Waals surface area (Å²) in [5, 5.41) is 3.17. The lowest BCUT2D eigenvalue weighted by Crippen LogP contribution is -2.38. The number of amides is 1. The predicted octanol–water partition coefficient (Wildman–Crippen LogP) is 2.27. The van der Waals surface area contributed by atoms with Crippen LogP contribution in [0.25, 0.3) is 0 Å². The van der Waals surface area contributed by atoms with Crippen molar-refractivity contribution in [3.8, 4) is 0 Å². The van der Waals surface area contributed by atoms with Crippen molar-refractivity contribution < 1.29 is 4.79 Å². The van der Waals surface area contributed by atoms with E-state index in [4.69, 9.17) is 0 Å². The van der Waals surface area contributed by atoms with Crippen LogP contribution in [-0.4, -0.2) is 36.5 Å². The van der Waals surface area contributed by atoms with Gasteiger partial charge in [-0.2, -0.15) is 0 Å². The Labute approximate surface area is 106 Å². The van der Waals surface area contributed by atoms with Gasteiger partial charge >= 0.3 is 0 Å². The molecular weight excluding hydrogens is 212 g/mol. The summed E-state index contributed by atoms with van der Waals surface area (Å²) in [5.41, 5.74) is 0. The van der Waals surface area contributed by atoms with Gasteiger partial charge in [0.2, 0.25) is 5.91 Å². The molecule has 1 amide bonds. The molecule has 1 aliphatic rings. The molecule has 0 radical (unpaired) electrons. The maximum atomic E-state index is 11.7. The van der Waals surface area contributed by atoms with Crippen LogP contribution < -0.4 is 5.32 Å². The van der Waals surface area contributed by atoms with Crippen molar-refractivity contribution in [2.24, 2.45) is 11.8 Å². The summed E-state index contributed by atoms with van der Waals surface area (Å²) in [6.07, 6.45) is 3.44. The Balaban J connectivity index is 2.34. The molecule has 1 fully saturated rings. The monoisotopic (exact) mass is 240 g/mol. The topological polar surface area (TPSA) is 32.3 Å². The van der Waals surface area contributed by atoms with E-state index in [9.17, 15) is 4.79 Å². The fourth-order valence-electron chi connectivity index (χ4n) is 2.37. The maximum absolute atomic E-state index is 11.7. The first kappa shape index (κ1) is 14.5. The average Bonchev–Trinajstić information content (AvgIpc) is 2.43. The zero-order valence-corrected chi connectivity index (χ0v) is 11.8. The molecule has 1 aliphatic heterocycles. The zero-order valence-electron chi connectivity index (χ0n) is 11.8. The SMILES string of the molecule is CC(C)CN1CCCC(NC(=O)C(C)C)CC1. The second-order valence-corrected chi connectivity index (χ2v) is 5.99. The van der Waals surface area contributed by atoms with E-state index < -0.39 is 0 Å². The maximum Gasteiger partial charge on any atom is 0.222 e. The number of nitrogens with one attached hydrogen (secondary N) is 1. The van der Waals surface area contributed by atoms with Gasteiger partial charge in [-0.1, -0.05) is 27.7 Å². The van der Waals surface area contributed by atoms with Crippen LogP contribution in [0.5, 0.6) is 0 Å². The van der Waals surface area contributed by atoms with E-state index in [2.05, 4.69) is 24.1 Å². The summed E-state index contributed by atoms with van der Waals surface area (Å²) in [7, 11) is 0. The molecule has 1 atom stereocenters. The largest absolute Gasteiger partial charge is 0.353 e. The van der Waals surface area contributed by atoms with Gasteiger partial charge in [0, 0.05) is 25.0 Å². The van der Waals surface area contributed by atoms with Crippen LogP contribution in [0.3, 0.4) is 0 Å². The van der Waals surface area contributed by atoms with Crippen molar-refractivity contribution in [3.63, 3.8) is 0 Å². The first-order valence-corrected chi connectivity index (χ1v) is 7.01. The van der Waals surface area contributed by atoms with Gasteiger partial charge in [-0.05, 0) is 31.7 Å². The van der Waals surface area contributed by atoms with E-state index in [0.717, 1.165) is 25.3 Å². The molecule has 17 heavy (non-hydrogen) atoms. The van der Waals surface area contributed by atoms with Crippen LogP contribution in [0.2, 0.25) is 0 Å². The first-order chi connectivity index (χ1) is 7.99. The standard InChI is InChI=1S/C14H28N2O/c1-11(2)10-16-8-5-6-13(7-9-16)15-14(17)12(3)4/h11-13H,5-10H2,1-4H3,(H,15,17). The molecule has 0 aromatic heterocycles. The van der Waals surface area contributed by atoms with Crippen LogP contribution >= 0.6 is 0 Å². The van der Waals surface area contributed by atoms with Crippen LogP contribution in [-0.2, 0) is 4.79 Å². The van der Waals surface area contributed by atoms with Crippen molar-refractivity contribution in [2.75, 3.05) is 19.6 Å². The summed E-state index contributed by atoms with van der Waals surface area (Å²) in [6.45, 7) is 11.9. The lowest BCUT2D eigenvalue weighted by Gasteiger charge is -2.22. The summed E-state index contributed by atoms with van der Waals surface area (Å²) >= 11 is 0. The van der Waals surface area contributed by atoms with Gasteiger partial charge in [-0.25, -0.2) is 0 Å². The van der Waals surface area contributed by atoms with Gasteiger partial charge in [0.1, 0.15) is 0 Å². The minimum Gasteiger partial charge on any atom is -0.353 e. The van der Waals surface area contributed by atoms with E-state index in [-0.39, 0.29) is 11.8 Å². The Bertz CT molecular complexity index is 238. The normalized spacial score (nSPS) is 22.8. The molecule has 1 rings (SSSR count). The Morgan fingerprint density at radius 1 is 1.24 bits per heavy atom. The Kier molecular flexibility index (Phi) is 5.96. The number of hydrogen-bond donors (Lipinski definition) is 1. The number of nitrogens with zero attached hydrogens (tertiary/aromatic N) is 1. The number of carbonyl (C=O) groups excluding carboxylic acids is 1. The van der Waals surface area contributed by atoms with Gasteiger partial charge in [-0.3, -0.25) is 4.79 Å². The number of carbonyl (C=O) groups is 1. The molecule has 1 unspecified atom stereocenters.